The third kappa shape index (κ3) is 5.39. The average molecular weight is 432 g/mol. The summed E-state index contributed by atoms with van der Waals surface area (Å²) in [5, 5.41) is 11.2. The molecule has 1 N–H and O–H groups in total. The minimum atomic E-state index is -0.498. The van der Waals surface area contributed by atoms with Crippen LogP contribution in [0.3, 0.4) is 0 Å². The fourth-order valence-corrected chi connectivity index (χ4v) is 4.64. The topological polar surface area (TPSA) is 41.9 Å². The van der Waals surface area contributed by atoms with Gasteiger partial charge in [0.05, 0.1) is 18.2 Å². The maximum Gasteiger partial charge on any atom is 0.119 e. The van der Waals surface area contributed by atoms with Crippen LogP contribution in [0.2, 0.25) is 0 Å². The highest BCUT2D eigenvalue weighted by molar-refractivity contribution is 5.31. The van der Waals surface area contributed by atoms with Gasteiger partial charge in [0.2, 0.25) is 0 Å². The van der Waals surface area contributed by atoms with Gasteiger partial charge in [0.15, 0.2) is 0 Å². The molecule has 4 nitrogen and oxygen atoms in total. The Labute approximate surface area is 191 Å². The zero-order chi connectivity index (χ0) is 22.3. The molecular formula is C28H33NO3. The highest BCUT2D eigenvalue weighted by Crippen LogP contribution is 2.39. The molecule has 4 heteroatoms. The molecule has 168 valence electrons. The van der Waals surface area contributed by atoms with Crippen molar-refractivity contribution in [1.82, 2.24) is 4.90 Å². The third-order valence-corrected chi connectivity index (χ3v) is 6.29. The van der Waals surface area contributed by atoms with Crippen LogP contribution in [-0.2, 0) is 11.3 Å². The smallest absolute Gasteiger partial charge is 0.119 e. The molecular weight excluding hydrogens is 398 g/mol. The van der Waals surface area contributed by atoms with Gasteiger partial charge < -0.3 is 14.6 Å². The van der Waals surface area contributed by atoms with Crippen molar-refractivity contribution in [2.45, 2.75) is 51.2 Å². The molecule has 0 saturated carbocycles. The van der Waals surface area contributed by atoms with Crippen molar-refractivity contribution in [2.75, 3.05) is 13.2 Å². The fraction of sp³-hybridized carbons (Fsp3) is 0.357. The Bertz CT molecular complexity index is 945. The summed E-state index contributed by atoms with van der Waals surface area (Å²) in [7, 11) is 0. The minimum absolute atomic E-state index is 0.0332. The Balaban J connectivity index is 1.53. The number of likely N-dealkylation sites (tertiary alicyclic amines) is 1. The van der Waals surface area contributed by atoms with E-state index in [4.69, 9.17) is 9.47 Å². The summed E-state index contributed by atoms with van der Waals surface area (Å²) < 4.78 is 11.9. The van der Waals surface area contributed by atoms with Gasteiger partial charge >= 0.3 is 0 Å². The highest BCUT2D eigenvalue weighted by atomic mass is 16.5. The molecule has 1 aliphatic heterocycles. The maximum absolute atomic E-state index is 11.2. The van der Waals surface area contributed by atoms with Gasteiger partial charge in [0, 0.05) is 25.6 Å². The lowest BCUT2D eigenvalue weighted by Crippen LogP contribution is -2.49. The lowest BCUT2D eigenvalue weighted by atomic mass is 9.88. The van der Waals surface area contributed by atoms with Gasteiger partial charge in [-0.15, -0.1) is 0 Å². The predicted octanol–water partition coefficient (Wildman–Crippen LogP) is 5.54. The second kappa shape index (κ2) is 10.8. The van der Waals surface area contributed by atoms with Crippen LogP contribution in [0.15, 0.2) is 84.9 Å². The molecule has 0 radical (unpaired) electrons. The van der Waals surface area contributed by atoms with E-state index in [0.717, 1.165) is 23.4 Å². The van der Waals surface area contributed by atoms with E-state index >= 15 is 0 Å². The summed E-state index contributed by atoms with van der Waals surface area (Å²) in [4.78, 5) is 2.38. The van der Waals surface area contributed by atoms with E-state index < -0.39 is 6.10 Å². The second-order valence-electron chi connectivity index (χ2n) is 8.45. The largest absolute Gasteiger partial charge is 0.489 e. The third-order valence-electron chi connectivity index (χ3n) is 6.29. The standard InChI is InChI=1S/C28H33NO3/c1-3-31-26-18-27(30)28(29(19-26)21(2)23-12-8-5-9-13-23)24-14-16-25(17-15-24)32-20-22-10-6-4-7-11-22/h4-17,21,26-28,30H,3,18-20H2,1-2H3/t21-,26+,27?,28-/m1/s1. The number of piperidine rings is 1. The van der Waals surface area contributed by atoms with E-state index in [1.807, 2.05) is 43.3 Å². The molecule has 1 saturated heterocycles. The molecule has 32 heavy (non-hydrogen) atoms. The Kier molecular flexibility index (Phi) is 7.59. The summed E-state index contributed by atoms with van der Waals surface area (Å²) in [5.41, 5.74) is 3.48. The van der Waals surface area contributed by atoms with E-state index in [0.29, 0.717) is 19.6 Å². The SMILES string of the molecule is CCO[C@H]1CC(O)[C@@H](c2ccc(OCc3ccccc3)cc2)N([C@H](C)c2ccccc2)C1. The van der Waals surface area contributed by atoms with Crippen molar-refractivity contribution in [3.8, 4) is 5.75 Å². The Morgan fingerprint density at radius 3 is 2.25 bits per heavy atom. The van der Waals surface area contributed by atoms with Crippen LogP contribution >= 0.6 is 0 Å². The van der Waals surface area contributed by atoms with E-state index in [1.54, 1.807) is 0 Å². The Morgan fingerprint density at radius 2 is 1.59 bits per heavy atom. The van der Waals surface area contributed by atoms with Crippen molar-refractivity contribution < 1.29 is 14.6 Å². The van der Waals surface area contributed by atoms with Gasteiger partial charge in [-0.05, 0) is 42.7 Å². The molecule has 0 amide bonds. The zero-order valence-electron chi connectivity index (χ0n) is 18.9. The van der Waals surface area contributed by atoms with Crippen LogP contribution in [0.4, 0.5) is 0 Å². The summed E-state index contributed by atoms with van der Waals surface area (Å²) >= 11 is 0. The van der Waals surface area contributed by atoms with Crippen molar-refractivity contribution in [2.24, 2.45) is 0 Å². The minimum Gasteiger partial charge on any atom is -0.489 e. The highest BCUT2D eigenvalue weighted by Gasteiger charge is 2.39. The average Bonchev–Trinajstić information content (AvgIpc) is 2.84. The summed E-state index contributed by atoms with van der Waals surface area (Å²) in [6, 6.07) is 28.9. The lowest BCUT2D eigenvalue weighted by Gasteiger charge is -2.46. The number of aliphatic hydroxyl groups excluding tert-OH is 1. The van der Waals surface area contributed by atoms with Gasteiger partial charge in [0.1, 0.15) is 12.4 Å². The molecule has 0 aromatic heterocycles. The van der Waals surface area contributed by atoms with Gasteiger partial charge in [-0.2, -0.15) is 0 Å². The molecule has 1 aliphatic rings. The van der Waals surface area contributed by atoms with Crippen LogP contribution in [0.25, 0.3) is 0 Å². The number of aliphatic hydroxyl groups is 1. The first kappa shape index (κ1) is 22.5. The normalized spacial score (nSPS) is 22.4. The molecule has 3 aromatic carbocycles. The molecule has 0 bridgehead atoms. The van der Waals surface area contributed by atoms with E-state index in [9.17, 15) is 5.11 Å². The van der Waals surface area contributed by atoms with Gasteiger partial charge in [-0.1, -0.05) is 72.8 Å². The first-order valence-corrected chi connectivity index (χ1v) is 11.5. The lowest BCUT2D eigenvalue weighted by molar-refractivity contribution is -0.0892. The monoisotopic (exact) mass is 431 g/mol. The van der Waals surface area contributed by atoms with E-state index in [2.05, 4.69) is 60.4 Å². The molecule has 0 spiro atoms. The molecule has 0 aliphatic carbocycles. The number of benzene rings is 3. The summed E-state index contributed by atoms with van der Waals surface area (Å²) in [5.74, 6) is 0.831. The summed E-state index contributed by atoms with van der Waals surface area (Å²) in [6.45, 7) is 6.21. The molecule has 3 aromatic rings. The Morgan fingerprint density at radius 1 is 0.938 bits per heavy atom. The first-order valence-electron chi connectivity index (χ1n) is 11.5. The molecule has 1 heterocycles. The van der Waals surface area contributed by atoms with Gasteiger partial charge in [-0.3, -0.25) is 4.90 Å². The number of hydrogen-bond acceptors (Lipinski definition) is 4. The molecule has 4 rings (SSSR count). The number of ether oxygens (including phenoxy) is 2. The van der Waals surface area contributed by atoms with Crippen LogP contribution < -0.4 is 4.74 Å². The van der Waals surface area contributed by atoms with Crippen LogP contribution in [-0.4, -0.2) is 35.4 Å². The van der Waals surface area contributed by atoms with Crippen molar-refractivity contribution in [1.29, 1.82) is 0 Å². The number of nitrogens with zero attached hydrogens (tertiary/aromatic N) is 1. The molecule has 1 unspecified atom stereocenters. The summed E-state index contributed by atoms with van der Waals surface area (Å²) in [6.07, 6.45) is 0.177. The maximum atomic E-state index is 11.2. The first-order chi connectivity index (χ1) is 15.7. The molecule has 1 fully saturated rings. The van der Waals surface area contributed by atoms with Crippen LogP contribution in [0.1, 0.15) is 49.0 Å². The zero-order valence-corrected chi connectivity index (χ0v) is 18.9. The van der Waals surface area contributed by atoms with E-state index in [1.165, 1.54) is 5.56 Å². The van der Waals surface area contributed by atoms with Crippen LogP contribution in [0.5, 0.6) is 5.75 Å². The van der Waals surface area contributed by atoms with Gasteiger partial charge in [-0.25, -0.2) is 0 Å². The van der Waals surface area contributed by atoms with Crippen LogP contribution in [0, 0.1) is 0 Å². The second-order valence-corrected chi connectivity index (χ2v) is 8.45. The molecule has 4 atom stereocenters. The van der Waals surface area contributed by atoms with Crippen molar-refractivity contribution in [3.63, 3.8) is 0 Å². The van der Waals surface area contributed by atoms with E-state index in [-0.39, 0.29) is 18.2 Å². The Hall–Kier alpha value is -2.66. The number of rotatable bonds is 8. The predicted molar refractivity (Wildman–Crippen MR) is 128 cm³/mol. The van der Waals surface area contributed by atoms with Gasteiger partial charge in [0.25, 0.3) is 0 Å². The van der Waals surface area contributed by atoms with Crippen molar-refractivity contribution in [3.05, 3.63) is 102 Å². The van der Waals surface area contributed by atoms with Crippen molar-refractivity contribution >= 4 is 0 Å². The fourth-order valence-electron chi connectivity index (χ4n) is 4.64. The quantitative estimate of drug-likeness (QED) is 0.508. The number of hydrogen-bond donors (Lipinski definition) is 1.